The molecule has 0 aromatic heterocycles. The van der Waals surface area contributed by atoms with Crippen molar-refractivity contribution in [2.24, 2.45) is 11.7 Å². The van der Waals surface area contributed by atoms with E-state index in [1.807, 2.05) is 0 Å². The van der Waals surface area contributed by atoms with Crippen molar-refractivity contribution in [2.45, 2.75) is 52.0 Å². The van der Waals surface area contributed by atoms with Crippen LogP contribution in [0.1, 0.15) is 46.0 Å². The summed E-state index contributed by atoms with van der Waals surface area (Å²) in [6.07, 6.45) is 6.60. The second-order valence-electron chi connectivity index (χ2n) is 4.53. The Morgan fingerprint density at radius 3 is 2.36 bits per heavy atom. The highest BCUT2D eigenvalue weighted by atomic mass is 15.2. The third-order valence-electron chi connectivity index (χ3n) is 3.71. The number of piperidine rings is 1. The van der Waals surface area contributed by atoms with Gasteiger partial charge in [-0.25, -0.2) is 0 Å². The molecule has 0 bridgehead atoms. The molecule has 1 aliphatic heterocycles. The van der Waals surface area contributed by atoms with Crippen molar-refractivity contribution in [3.05, 3.63) is 0 Å². The lowest BCUT2D eigenvalue weighted by molar-refractivity contribution is 0.123. The number of hydrogen-bond donors (Lipinski definition) is 1. The first-order valence-electron chi connectivity index (χ1n) is 6.25. The normalized spacial score (nSPS) is 22.5. The second-order valence-corrected chi connectivity index (χ2v) is 4.53. The molecule has 2 N–H and O–H groups in total. The van der Waals surface area contributed by atoms with Crippen molar-refractivity contribution in [3.63, 3.8) is 0 Å². The molecule has 0 aliphatic carbocycles. The van der Waals surface area contributed by atoms with Gasteiger partial charge in [0.15, 0.2) is 0 Å². The molecule has 2 nitrogen and oxygen atoms in total. The molecule has 0 amide bonds. The zero-order valence-corrected chi connectivity index (χ0v) is 9.84. The van der Waals surface area contributed by atoms with Gasteiger partial charge >= 0.3 is 0 Å². The van der Waals surface area contributed by atoms with E-state index in [-0.39, 0.29) is 0 Å². The molecule has 1 atom stereocenters. The second kappa shape index (κ2) is 6.41. The van der Waals surface area contributed by atoms with Crippen molar-refractivity contribution in [3.8, 4) is 0 Å². The standard InChI is InChI=1S/C12H26N2/c1-3-11-6-9-14(10-7-11)12(4-2)5-8-13/h11-12H,3-10,13H2,1-2H3. The summed E-state index contributed by atoms with van der Waals surface area (Å²) in [5, 5.41) is 0. The van der Waals surface area contributed by atoms with Crippen LogP contribution in [-0.2, 0) is 0 Å². The average molecular weight is 198 g/mol. The first-order chi connectivity index (χ1) is 6.81. The first-order valence-corrected chi connectivity index (χ1v) is 6.25. The Morgan fingerprint density at radius 2 is 1.93 bits per heavy atom. The summed E-state index contributed by atoms with van der Waals surface area (Å²) in [5.74, 6) is 0.988. The Labute approximate surface area is 88.8 Å². The van der Waals surface area contributed by atoms with Crippen LogP contribution in [0.25, 0.3) is 0 Å². The third-order valence-corrected chi connectivity index (χ3v) is 3.71. The predicted molar refractivity (Wildman–Crippen MR) is 62.3 cm³/mol. The molecule has 0 saturated carbocycles. The number of nitrogens with two attached hydrogens (primary N) is 1. The molecule has 0 radical (unpaired) electrons. The van der Waals surface area contributed by atoms with E-state index in [1.54, 1.807) is 0 Å². The minimum absolute atomic E-state index is 0.748. The van der Waals surface area contributed by atoms with Gasteiger partial charge < -0.3 is 10.6 Å². The molecular weight excluding hydrogens is 172 g/mol. The van der Waals surface area contributed by atoms with E-state index in [1.165, 1.54) is 45.2 Å². The number of likely N-dealkylation sites (tertiary alicyclic amines) is 1. The molecule has 1 heterocycles. The SMILES string of the molecule is CCC1CCN(C(CC)CCN)CC1. The van der Waals surface area contributed by atoms with E-state index >= 15 is 0 Å². The van der Waals surface area contributed by atoms with Crippen LogP contribution in [-0.4, -0.2) is 30.6 Å². The molecule has 1 saturated heterocycles. The first kappa shape index (κ1) is 12.0. The summed E-state index contributed by atoms with van der Waals surface area (Å²) in [6.45, 7) is 8.05. The van der Waals surface area contributed by atoms with Crippen molar-refractivity contribution in [2.75, 3.05) is 19.6 Å². The van der Waals surface area contributed by atoms with E-state index in [4.69, 9.17) is 5.73 Å². The summed E-state index contributed by atoms with van der Waals surface area (Å²) in [7, 11) is 0. The maximum absolute atomic E-state index is 5.64. The van der Waals surface area contributed by atoms with Gasteiger partial charge in [-0.2, -0.15) is 0 Å². The Bertz CT molecular complexity index is 139. The summed E-state index contributed by atoms with van der Waals surface area (Å²) in [5.41, 5.74) is 5.64. The molecule has 84 valence electrons. The Balaban J connectivity index is 2.31. The number of nitrogens with zero attached hydrogens (tertiary/aromatic N) is 1. The van der Waals surface area contributed by atoms with Gasteiger partial charge in [-0.15, -0.1) is 0 Å². The van der Waals surface area contributed by atoms with Crippen LogP contribution in [0.4, 0.5) is 0 Å². The topological polar surface area (TPSA) is 29.3 Å². The van der Waals surface area contributed by atoms with Crippen LogP contribution in [0.3, 0.4) is 0 Å². The summed E-state index contributed by atoms with van der Waals surface area (Å²) < 4.78 is 0. The molecule has 2 heteroatoms. The Kier molecular flexibility index (Phi) is 5.49. The zero-order valence-electron chi connectivity index (χ0n) is 9.84. The molecule has 0 spiro atoms. The quantitative estimate of drug-likeness (QED) is 0.734. The summed E-state index contributed by atoms with van der Waals surface area (Å²) in [6, 6.07) is 0.748. The highest BCUT2D eigenvalue weighted by Gasteiger charge is 2.22. The molecule has 1 fully saturated rings. The minimum atomic E-state index is 0.748. The predicted octanol–water partition coefficient (Wildman–Crippen LogP) is 2.24. The van der Waals surface area contributed by atoms with Crippen LogP contribution < -0.4 is 5.73 Å². The lowest BCUT2D eigenvalue weighted by Gasteiger charge is -2.37. The van der Waals surface area contributed by atoms with Gasteiger partial charge in [-0.05, 0) is 51.2 Å². The van der Waals surface area contributed by atoms with Gasteiger partial charge in [0.25, 0.3) is 0 Å². The van der Waals surface area contributed by atoms with Gasteiger partial charge in [-0.1, -0.05) is 20.3 Å². The van der Waals surface area contributed by atoms with Gasteiger partial charge in [0, 0.05) is 6.04 Å². The fourth-order valence-electron chi connectivity index (χ4n) is 2.56. The van der Waals surface area contributed by atoms with Gasteiger partial charge in [0.05, 0.1) is 0 Å². The number of rotatable bonds is 5. The Morgan fingerprint density at radius 1 is 1.29 bits per heavy atom. The largest absolute Gasteiger partial charge is 0.330 e. The molecule has 14 heavy (non-hydrogen) atoms. The van der Waals surface area contributed by atoms with E-state index < -0.39 is 0 Å². The van der Waals surface area contributed by atoms with Crippen LogP contribution in [0.2, 0.25) is 0 Å². The smallest absolute Gasteiger partial charge is 0.0105 e. The summed E-state index contributed by atoms with van der Waals surface area (Å²) in [4.78, 5) is 2.65. The molecular formula is C12H26N2. The van der Waals surface area contributed by atoms with Crippen LogP contribution >= 0.6 is 0 Å². The van der Waals surface area contributed by atoms with Gasteiger partial charge in [0.2, 0.25) is 0 Å². The highest BCUT2D eigenvalue weighted by Crippen LogP contribution is 2.22. The molecule has 0 aromatic rings. The molecule has 0 aromatic carbocycles. The van der Waals surface area contributed by atoms with Crippen LogP contribution in [0, 0.1) is 5.92 Å². The molecule has 1 aliphatic rings. The summed E-state index contributed by atoms with van der Waals surface area (Å²) >= 11 is 0. The number of hydrogen-bond acceptors (Lipinski definition) is 2. The van der Waals surface area contributed by atoms with Gasteiger partial charge in [-0.3, -0.25) is 0 Å². The monoisotopic (exact) mass is 198 g/mol. The fourth-order valence-corrected chi connectivity index (χ4v) is 2.56. The van der Waals surface area contributed by atoms with Crippen molar-refractivity contribution < 1.29 is 0 Å². The van der Waals surface area contributed by atoms with Gasteiger partial charge in [0.1, 0.15) is 0 Å². The zero-order chi connectivity index (χ0) is 10.4. The maximum atomic E-state index is 5.64. The minimum Gasteiger partial charge on any atom is -0.330 e. The molecule has 1 unspecified atom stereocenters. The van der Waals surface area contributed by atoms with E-state index in [2.05, 4.69) is 18.7 Å². The van der Waals surface area contributed by atoms with Crippen molar-refractivity contribution in [1.82, 2.24) is 4.90 Å². The van der Waals surface area contributed by atoms with Crippen molar-refractivity contribution >= 4 is 0 Å². The van der Waals surface area contributed by atoms with E-state index in [0.717, 1.165) is 18.5 Å². The average Bonchev–Trinajstić information content (AvgIpc) is 2.26. The maximum Gasteiger partial charge on any atom is 0.0105 e. The Hall–Kier alpha value is -0.0800. The van der Waals surface area contributed by atoms with E-state index in [9.17, 15) is 0 Å². The van der Waals surface area contributed by atoms with E-state index in [0.29, 0.717) is 0 Å². The highest BCUT2D eigenvalue weighted by molar-refractivity contribution is 4.77. The third kappa shape index (κ3) is 3.25. The lowest BCUT2D eigenvalue weighted by Crippen LogP contribution is -2.42. The fraction of sp³-hybridized carbons (Fsp3) is 1.00. The van der Waals surface area contributed by atoms with Crippen LogP contribution in [0.15, 0.2) is 0 Å². The lowest BCUT2D eigenvalue weighted by atomic mass is 9.93. The van der Waals surface area contributed by atoms with Crippen molar-refractivity contribution in [1.29, 1.82) is 0 Å². The molecule has 1 rings (SSSR count). The van der Waals surface area contributed by atoms with Crippen LogP contribution in [0.5, 0.6) is 0 Å².